The minimum atomic E-state index is 0.342. The molecule has 0 amide bonds. The maximum absolute atomic E-state index is 6.23. The molecule has 2 unspecified atom stereocenters. The van der Waals surface area contributed by atoms with Gasteiger partial charge in [0.25, 0.3) is 0 Å². The first-order chi connectivity index (χ1) is 8.24. The molecule has 0 bridgehead atoms. The second-order valence-corrected chi connectivity index (χ2v) is 6.23. The van der Waals surface area contributed by atoms with E-state index in [-0.39, 0.29) is 0 Å². The zero-order valence-corrected chi connectivity index (χ0v) is 11.8. The first-order valence-corrected chi connectivity index (χ1v) is 7.71. The molecule has 2 atom stereocenters. The zero-order valence-electron chi connectivity index (χ0n) is 11.8. The first-order valence-electron chi connectivity index (χ1n) is 7.71. The summed E-state index contributed by atoms with van der Waals surface area (Å²) < 4.78 is 0. The highest BCUT2D eigenvalue weighted by Gasteiger charge is 2.47. The van der Waals surface area contributed by atoms with Gasteiger partial charge in [-0.3, -0.25) is 4.90 Å². The van der Waals surface area contributed by atoms with Crippen molar-refractivity contribution in [3.63, 3.8) is 0 Å². The van der Waals surface area contributed by atoms with E-state index in [1.807, 2.05) is 0 Å². The van der Waals surface area contributed by atoms with E-state index in [4.69, 9.17) is 5.73 Å². The Morgan fingerprint density at radius 3 is 2.53 bits per heavy atom. The Bertz CT molecular complexity index is 237. The van der Waals surface area contributed by atoms with Gasteiger partial charge in [-0.1, -0.05) is 33.1 Å². The van der Waals surface area contributed by atoms with Crippen molar-refractivity contribution in [3.8, 4) is 0 Å². The summed E-state index contributed by atoms with van der Waals surface area (Å²) in [6.07, 6.45) is 11.0. The maximum atomic E-state index is 6.23. The van der Waals surface area contributed by atoms with Crippen LogP contribution in [0.2, 0.25) is 0 Å². The van der Waals surface area contributed by atoms with E-state index in [9.17, 15) is 0 Å². The monoisotopic (exact) mass is 238 g/mol. The van der Waals surface area contributed by atoms with Gasteiger partial charge in [-0.05, 0) is 44.6 Å². The smallest absolute Gasteiger partial charge is 0.0360 e. The Hall–Kier alpha value is -0.0800. The Morgan fingerprint density at radius 2 is 2.00 bits per heavy atom. The lowest BCUT2D eigenvalue weighted by molar-refractivity contribution is 0.00538. The molecule has 0 aromatic heterocycles. The Morgan fingerprint density at radius 1 is 1.24 bits per heavy atom. The largest absolute Gasteiger partial charge is 0.329 e. The molecular weight excluding hydrogens is 208 g/mol. The van der Waals surface area contributed by atoms with Gasteiger partial charge in [0, 0.05) is 18.1 Å². The van der Waals surface area contributed by atoms with Crippen molar-refractivity contribution in [2.45, 2.75) is 76.8 Å². The van der Waals surface area contributed by atoms with Crippen LogP contribution in [-0.4, -0.2) is 29.6 Å². The number of hydrogen-bond acceptors (Lipinski definition) is 2. The molecule has 2 aliphatic rings. The van der Waals surface area contributed by atoms with Crippen molar-refractivity contribution < 1.29 is 0 Å². The van der Waals surface area contributed by atoms with Crippen LogP contribution in [0.3, 0.4) is 0 Å². The van der Waals surface area contributed by atoms with Crippen LogP contribution < -0.4 is 5.73 Å². The average molecular weight is 238 g/mol. The van der Waals surface area contributed by atoms with E-state index in [0.29, 0.717) is 5.54 Å². The molecule has 0 spiro atoms. The Kier molecular flexibility index (Phi) is 4.48. The summed E-state index contributed by atoms with van der Waals surface area (Å²) >= 11 is 0. The quantitative estimate of drug-likeness (QED) is 0.770. The summed E-state index contributed by atoms with van der Waals surface area (Å²) in [6.45, 7) is 6.88. The van der Waals surface area contributed by atoms with Gasteiger partial charge in [-0.2, -0.15) is 0 Å². The van der Waals surface area contributed by atoms with Crippen molar-refractivity contribution in [2.75, 3.05) is 13.1 Å². The Balaban J connectivity index is 2.10. The summed E-state index contributed by atoms with van der Waals surface area (Å²) in [6, 6.07) is 0.866. The second-order valence-electron chi connectivity index (χ2n) is 6.23. The van der Waals surface area contributed by atoms with E-state index < -0.39 is 0 Å². The fraction of sp³-hybridized carbons (Fsp3) is 1.00. The minimum absolute atomic E-state index is 0.342. The van der Waals surface area contributed by atoms with Crippen LogP contribution in [0.4, 0.5) is 0 Å². The molecule has 2 rings (SSSR count). The fourth-order valence-electron chi connectivity index (χ4n) is 3.73. The molecule has 2 saturated carbocycles. The van der Waals surface area contributed by atoms with Gasteiger partial charge in [0.2, 0.25) is 0 Å². The van der Waals surface area contributed by atoms with E-state index >= 15 is 0 Å². The summed E-state index contributed by atoms with van der Waals surface area (Å²) in [5, 5.41) is 0. The van der Waals surface area contributed by atoms with Crippen LogP contribution in [0.5, 0.6) is 0 Å². The predicted octanol–water partition coefficient (Wildman–Crippen LogP) is 3.16. The van der Waals surface area contributed by atoms with Crippen LogP contribution in [-0.2, 0) is 0 Å². The maximum Gasteiger partial charge on any atom is 0.0360 e. The van der Waals surface area contributed by atoms with Crippen LogP contribution >= 0.6 is 0 Å². The lowest BCUT2D eigenvalue weighted by Gasteiger charge is -2.50. The van der Waals surface area contributed by atoms with E-state index in [1.54, 1.807) is 0 Å². The van der Waals surface area contributed by atoms with Crippen molar-refractivity contribution in [2.24, 2.45) is 11.7 Å². The average Bonchev–Trinajstić information content (AvgIpc) is 3.16. The van der Waals surface area contributed by atoms with Crippen LogP contribution in [0.25, 0.3) is 0 Å². The summed E-state index contributed by atoms with van der Waals surface area (Å²) in [5.74, 6) is 0.790. The van der Waals surface area contributed by atoms with Crippen molar-refractivity contribution in [1.82, 2.24) is 4.90 Å². The molecule has 2 aliphatic carbocycles. The highest BCUT2D eigenvalue weighted by atomic mass is 15.3. The summed E-state index contributed by atoms with van der Waals surface area (Å²) in [7, 11) is 0. The normalized spacial score (nSPS) is 34.2. The number of rotatable bonds is 6. The van der Waals surface area contributed by atoms with Gasteiger partial charge >= 0.3 is 0 Å². The zero-order chi connectivity index (χ0) is 12.3. The molecule has 0 aliphatic heterocycles. The topological polar surface area (TPSA) is 29.3 Å². The number of hydrogen-bond donors (Lipinski definition) is 1. The molecule has 0 aromatic carbocycles. The predicted molar refractivity (Wildman–Crippen MR) is 74.1 cm³/mol. The SMILES string of the molecule is CCCCN(C1CC1)C1(CN)CCCCC1C. The standard InChI is InChI=1S/C15H30N2/c1-3-4-11-17(14-8-9-14)15(12-16)10-6-5-7-13(15)2/h13-14H,3-12,16H2,1-2H3. The second kappa shape index (κ2) is 5.71. The molecule has 17 heavy (non-hydrogen) atoms. The summed E-state index contributed by atoms with van der Waals surface area (Å²) in [5.41, 5.74) is 6.57. The van der Waals surface area contributed by atoms with Crippen molar-refractivity contribution in [3.05, 3.63) is 0 Å². The molecule has 2 fully saturated rings. The van der Waals surface area contributed by atoms with Crippen molar-refractivity contribution in [1.29, 1.82) is 0 Å². The van der Waals surface area contributed by atoms with E-state index in [1.165, 1.54) is 57.9 Å². The van der Waals surface area contributed by atoms with E-state index in [0.717, 1.165) is 18.5 Å². The molecule has 2 nitrogen and oxygen atoms in total. The molecule has 0 aromatic rings. The van der Waals surface area contributed by atoms with Gasteiger partial charge in [0.1, 0.15) is 0 Å². The fourth-order valence-corrected chi connectivity index (χ4v) is 3.73. The van der Waals surface area contributed by atoms with Gasteiger partial charge in [-0.15, -0.1) is 0 Å². The van der Waals surface area contributed by atoms with E-state index in [2.05, 4.69) is 18.7 Å². The molecule has 2 heteroatoms. The third-order valence-electron chi connectivity index (χ3n) is 5.08. The van der Waals surface area contributed by atoms with Gasteiger partial charge < -0.3 is 5.73 Å². The molecular formula is C15H30N2. The highest BCUT2D eigenvalue weighted by Crippen LogP contribution is 2.43. The third-order valence-corrected chi connectivity index (χ3v) is 5.08. The number of nitrogens with zero attached hydrogens (tertiary/aromatic N) is 1. The highest BCUT2D eigenvalue weighted by molar-refractivity contribution is 5.03. The molecule has 0 heterocycles. The van der Waals surface area contributed by atoms with Gasteiger partial charge in [0.15, 0.2) is 0 Å². The third kappa shape index (κ3) is 2.68. The number of unbranched alkanes of at least 4 members (excludes halogenated alkanes) is 1. The molecule has 0 saturated heterocycles. The minimum Gasteiger partial charge on any atom is -0.329 e. The van der Waals surface area contributed by atoms with Crippen LogP contribution in [0.15, 0.2) is 0 Å². The van der Waals surface area contributed by atoms with Gasteiger partial charge in [0.05, 0.1) is 0 Å². The van der Waals surface area contributed by atoms with Crippen LogP contribution in [0, 0.1) is 5.92 Å². The van der Waals surface area contributed by atoms with Crippen LogP contribution in [0.1, 0.15) is 65.2 Å². The summed E-state index contributed by atoms with van der Waals surface area (Å²) in [4.78, 5) is 2.82. The lowest BCUT2D eigenvalue weighted by Crippen LogP contribution is -2.60. The molecule has 0 radical (unpaired) electrons. The number of nitrogens with two attached hydrogens (primary N) is 1. The molecule has 100 valence electrons. The van der Waals surface area contributed by atoms with Gasteiger partial charge in [-0.25, -0.2) is 0 Å². The Labute approximate surface area is 107 Å². The molecule has 2 N–H and O–H groups in total. The first kappa shape index (κ1) is 13.4. The lowest BCUT2D eigenvalue weighted by atomic mass is 9.72. The van der Waals surface area contributed by atoms with Crippen molar-refractivity contribution >= 4 is 0 Å².